The van der Waals surface area contributed by atoms with Gasteiger partial charge in [-0.05, 0) is 57.5 Å². The van der Waals surface area contributed by atoms with E-state index in [1.165, 1.54) is 24.6 Å². The van der Waals surface area contributed by atoms with Crippen molar-refractivity contribution >= 4 is 34.3 Å². The Kier molecular flexibility index (Phi) is 7.43. The molecule has 1 aliphatic heterocycles. The average Bonchev–Trinajstić information content (AvgIpc) is 3.47. The highest BCUT2D eigenvalue weighted by molar-refractivity contribution is 7.07. The van der Waals surface area contributed by atoms with Gasteiger partial charge in [-0.2, -0.15) is 0 Å². The summed E-state index contributed by atoms with van der Waals surface area (Å²) >= 11 is 1.29. The van der Waals surface area contributed by atoms with Gasteiger partial charge in [-0.1, -0.05) is 35.6 Å². The Hall–Kier alpha value is -4.11. The maximum Gasteiger partial charge on any atom is 0.337 e. The third-order valence-corrected chi connectivity index (χ3v) is 7.62. The van der Waals surface area contributed by atoms with Gasteiger partial charge in [-0.3, -0.25) is 9.36 Å². The molecule has 3 heterocycles. The molecule has 0 amide bonds. The minimum absolute atomic E-state index is 0.230. The van der Waals surface area contributed by atoms with Gasteiger partial charge in [0.25, 0.3) is 5.56 Å². The number of hydrogen-bond acceptors (Lipinski definition) is 7. The Morgan fingerprint density at radius 1 is 1.10 bits per heavy atom. The normalized spacial score (nSPS) is 15.2. The van der Waals surface area contributed by atoms with E-state index in [1.807, 2.05) is 44.2 Å². The molecule has 0 aliphatic carbocycles. The molecule has 0 unspecified atom stereocenters. The fraction of sp³-hybridized carbons (Fsp3) is 0.300. The lowest BCUT2D eigenvalue weighted by Crippen LogP contribution is -2.39. The first-order chi connectivity index (χ1) is 18.9. The minimum Gasteiger partial charge on any atom is -0.490 e. The molecule has 4 aromatic rings. The number of benzene rings is 2. The first-order valence-electron chi connectivity index (χ1n) is 13.0. The molecule has 0 radical (unpaired) electrons. The molecule has 8 nitrogen and oxygen atoms in total. The van der Waals surface area contributed by atoms with Gasteiger partial charge in [-0.25, -0.2) is 9.79 Å². The van der Waals surface area contributed by atoms with Crippen molar-refractivity contribution in [3.8, 4) is 11.5 Å². The number of carbonyl (C=O) groups is 1. The second kappa shape index (κ2) is 10.9. The van der Waals surface area contributed by atoms with Crippen LogP contribution in [-0.2, 0) is 9.53 Å². The van der Waals surface area contributed by atoms with Crippen LogP contribution in [0.5, 0.6) is 11.5 Å². The summed E-state index contributed by atoms with van der Waals surface area (Å²) in [5.74, 6) is 0.590. The fourth-order valence-corrected chi connectivity index (χ4v) is 5.86. The van der Waals surface area contributed by atoms with Crippen molar-refractivity contribution in [2.24, 2.45) is 4.99 Å². The third kappa shape index (κ3) is 4.78. The second-order valence-electron chi connectivity index (χ2n) is 9.35. The maximum atomic E-state index is 14.0. The molecule has 0 spiro atoms. The molecule has 1 aliphatic rings. The van der Waals surface area contributed by atoms with Gasteiger partial charge in [0.15, 0.2) is 16.3 Å². The Bertz CT molecular complexity index is 1760. The molecule has 0 N–H and O–H groups in total. The lowest BCUT2D eigenvalue weighted by atomic mass is 9.97. The average molecular weight is 546 g/mol. The zero-order valence-corrected chi connectivity index (χ0v) is 23.5. The van der Waals surface area contributed by atoms with Crippen LogP contribution in [0.3, 0.4) is 0 Å². The van der Waals surface area contributed by atoms with E-state index in [0.29, 0.717) is 39.6 Å². The predicted molar refractivity (Wildman–Crippen MR) is 152 cm³/mol. The molecule has 202 valence electrons. The van der Waals surface area contributed by atoms with Crippen LogP contribution < -0.4 is 24.4 Å². The third-order valence-electron chi connectivity index (χ3n) is 6.62. The SMILES string of the molecule is CCOc1ccc([C@H]2C(C(=O)OC)=CN=c3s/c(=C/c4cn(C(C)C)c5ccccc45)c(=O)n32)cc1OCC. The molecule has 0 saturated heterocycles. The molecule has 1 atom stereocenters. The van der Waals surface area contributed by atoms with E-state index in [4.69, 9.17) is 14.2 Å². The van der Waals surface area contributed by atoms with Crippen LogP contribution in [0.25, 0.3) is 17.0 Å². The van der Waals surface area contributed by atoms with Crippen LogP contribution in [0.2, 0.25) is 0 Å². The molecule has 0 bridgehead atoms. The molecular formula is C30H31N3O5S. The zero-order chi connectivity index (χ0) is 27.7. The Morgan fingerprint density at radius 3 is 2.56 bits per heavy atom. The lowest BCUT2D eigenvalue weighted by Gasteiger charge is -2.23. The van der Waals surface area contributed by atoms with E-state index in [0.717, 1.165) is 16.5 Å². The zero-order valence-electron chi connectivity index (χ0n) is 22.6. The van der Waals surface area contributed by atoms with Crippen molar-refractivity contribution in [1.82, 2.24) is 9.13 Å². The van der Waals surface area contributed by atoms with Gasteiger partial charge in [0.05, 0.1) is 36.5 Å². The number of thiazole rings is 1. The number of esters is 1. The summed E-state index contributed by atoms with van der Waals surface area (Å²) in [7, 11) is 1.32. The molecule has 2 aromatic carbocycles. The van der Waals surface area contributed by atoms with Crippen molar-refractivity contribution in [3.05, 3.63) is 91.2 Å². The number of aromatic nitrogens is 2. The number of carbonyl (C=O) groups excluding carboxylic acids is 1. The van der Waals surface area contributed by atoms with Crippen molar-refractivity contribution in [1.29, 1.82) is 0 Å². The molecular weight excluding hydrogens is 514 g/mol. The summed E-state index contributed by atoms with van der Waals surface area (Å²) in [5, 5.41) is 1.07. The highest BCUT2D eigenvalue weighted by Gasteiger charge is 2.31. The quantitative estimate of drug-likeness (QED) is 0.308. The van der Waals surface area contributed by atoms with E-state index in [2.05, 4.69) is 41.7 Å². The highest BCUT2D eigenvalue weighted by atomic mass is 32.1. The first kappa shape index (κ1) is 26.5. The van der Waals surface area contributed by atoms with Crippen LogP contribution >= 0.6 is 11.3 Å². The number of para-hydroxylation sites is 1. The van der Waals surface area contributed by atoms with Crippen LogP contribution in [0.15, 0.2) is 70.2 Å². The molecule has 39 heavy (non-hydrogen) atoms. The summed E-state index contributed by atoms with van der Waals surface area (Å²) in [6.07, 6.45) is 5.48. The van der Waals surface area contributed by atoms with Crippen LogP contribution in [0, 0.1) is 0 Å². The molecule has 0 fully saturated rings. The van der Waals surface area contributed by atoms with Crippen molar-refractivity contribution < 1.29 is 19.0 Å². The Morgan fingerprint density at radius 2 is 1.85 bits per heavy atom. The van der Waals surface area contributed by atoms with E-state index in [9.17, 15) is 9.59 Å². The number of ether oxygens (including phenoxy) is 3. The summed E-state index contributed by atoms with van der Waals surface area (Å²) in [6.45, 7) is 8.97. The molecule has 0 saturated carbocycles. The van der Waals surface area contributed by atoms with Crippen molar-refractivity contribution in [2.75, 3.05) is 20.3 Å². The highest BCUT2D eigenvalue weighted by Crippen LogP contribution is 2.35. The number of hydrogen-bond donors (Lipinski definition) is 0. The fourth-order valence-electron chi connectivity index (χ4n) is 4.90. The van der Waals surface area contributed by atoms with Gasteiger partial charge < -0.3 is 18.8 Å². The van der Waals surface area contributed by atoms with Gasteiger partial charge in [-0.15, -0.1) is 0 Å². The van der Waals surface area contributed by atoms with Crippen LogP contribution in [0.4, 0.5) is 0 Å². The number of rotatable bonds is 8. The van der Waals surface area contributed by atoms with Crippen molar-refractivity contribution in [3.63, 3.8) is 0 Å². The smallest absolute Gasteiger partial charge is 0.337 e. The lowest BCUT2D eigenvalue weighted by molar-refractivity contribution is -0.136. The topological polar surface area (TPSA) is 84.0 Å². The summed E-state index contributed by atoms with van der Waals surface area (Å²) in [4.78, 5) is 31.8. The number of methoxy groups -OCH3 is 1. The maximum absolute atomic E-state index is 14.0. The standard InChI is InChI=1S/C30H31N3O5S/c1-6-37-24-13-12-19(14-25(24)38-7-2)27-22(29(35)36-5)16-31-30-33(27)28(34)26(39-30)15-20-17-32(18(3)4)23-11-9-8-10-21(20)23/h8-18,27H,6-7H2,1-5H3/b26-15+/t27-/m0/s1. The number of nitrogens with zero attached hydrogens (tertiary/aromatic N) is 3. The first-order valence-corrected chi connectivity index (χ1v) is 13.8. The Balaban J connectivity index is 1.70. The van der Waals surface area contributed by atoms with Gasteiger partial charge in [0, 0.05) is 34.9 Å². The molecule has 2 aromatic heterocycles. The summed E-state index contributed by atoms with van der Waals surface area (Å²) in [5.41, 5.74) is 2.78. The second-order valence-corrected chi connectivity index (χ2v) is 10.4. The minimum atomic E-state index is -0.734. The Labute approximate surface area is 230 Å². The van der Waals surface area contributed by atoms with Crippen LogP contribution in [0.1, 0.15) is 50.9 Å². The summed E-state index contributed by atoms with van der Waals surface area (Å²) in [6, 6.07) is 13.1. The number of fused-ring (bicyclic) bond motifs is 2. The van der Waals surface area contributed by atoms with Gasteiger partial charge in [0.2, 0.25) is 0 Å². The largest absolute Gasteiger partial charge is 0.490 e. The van der Waals surface area contributed by atoms with Gasteiger partial charge >= 0.3 is 5.97 Å². The van der Waals surface area contributed by atoms with E-state index < -0.39 is 12.0 Å². The predicted octanol–water partition coefficient (Wildman–Crippen LogP) is 4.35. The van der Waals surface area contributed by atoms with E-state index in [1.54, 1.807) is 10.6 Å². The van der Waals surface area contributed by atoms with Gasteiger partial charge in [0.1, 0.15) is 0 Å². The monoisotopic (exact) mass is 545 g/mol. The van der Waals surface area contributed by atoms with Crippen LogP contribution in [-0.4, -0.2) is 35.4 Å². The van der Waals surface area contributed by atoms with E-state index in [-0.39, 0.29) is 17.2 Å². The van der Waals surface area contributed by atoms with Crippen molar-refractivity contribution in [2.45, 2.75) is 39.8 Å². The summed E-state index contributed by atoms with van der Waals surface area (Å²) < 4.78 is 20.9. The molecule has 9 heteroatoms. The van der Waals surface area contributed by atoms with E-state index >= 15 is 0 Å². The molecule has 5 rings (SSSR count).